The highest BCUT2D eigenvalue weighted by Crippen LogP contribution is 2.21. The van der Waals surface area contributed by atoms with Crippen molar-refractivity contribution in [2.75, 3.05) is 33.3 Å². The lowest BCUT2D eigenvalue weighted by Crippen LogP contribution is -2.57. The Labute approximate surface area is 131 Å². The Morgan fingerprint density at radius 3 is 3.18 bits per heavy atom. The maximum atomic E-state index is 12.4. The van der Waals surface area contributed by atoms with Gasteiger partial charge in [0, 0.05) is 44.0 Å². The molecule has 2 fully saturated rings. The molecule has 6 nitrogen and oxygen atoms in total. The van der Waals surface area contributed by atoms with Crippen molar-refractivity contribution in [3.05, 3.63) is 23.9 Å². The van der Waals surface area contributed by atoms with E-state index >= 15 is 0 Å². The molecule has 1 aromatic rings. The molecule has 0 aliphatic carbocycles. The van der Waals surface area contributed by atoms with Gasteiger partial charge in [-0.3, -0.25) is 4.90 Å². The Morgan fingerprint density at radius 1 is 1.41 bits per heavy atom. The zero-order chi connectivity index (χ0) is 15.4. The molecule has 120 valence electrons. The van der Waals surface area contributed by atoms with Crippen LogP contribution in [0.1, 0.15) is 24.8 Å². The largest absolute Gasteiger partial charge is 0.481 e. The number of amides is 2. The van der Waals surface area contributed by atoms with Gasteiger partial charge in [-0.2, -0.15) is 0 Å². The number of aromatic nitrogens is 1. The maximum absolute atomic E-state index is 12.4. The number of carbonyl (C=O) groups is 1. The van der Waals surface area contributed by atoms with E-state index in [0.29, 0.717) is 18.5 Å². The molecule has 2 amide bonds. The number of piperazine rings is 1. The molecule has 3 heterocycles. The van der Waals surface area contributed by atoms with E-state index in [0.717, 1.165) is 25.2 Å². The average Bonchev–Trinajstić information content (AvgIpc) is 2.59. The van der Waals surface area contributed by atoms with Crippen LogP contribution in [0.3, 0.4) is 0 Å². The first-order valence-electron chi connectivity index (χ1n) is 8.02. The second-order valence-corrected chi connectivity index (χ2v) is 5.96. The van der Waals surface area contributed by atoms with Gasteiger partial charge in [-0.15, -0.1) is 0 Å². The molecule has 0 radical (unpaired) electrons. The van der Waals surface area contributed by atoms with E-state index in [4.69, 9.17) is 4.74 Å². The van der Waals surface area contributed by atoms with Crippen LogP contribution in [0.2, 0.25) is 0 Å². The average molecular weight is 304 g/mol. The number of nitrogens with zero attached hydrogens (tertiary/aromatic N) is 3. The Bertz CT molecular complexity index is 523. The summed E-state index contributed by atoms with van der Waals surface area (Å²) in [7, 11) is 1.59. The van der Waals surface area contributed by atoms with Crippen molar-refractivity contribution in [1.29, 1.82) is 0 Å². The Kier molecular flexibility index (Phi) is 4.77. The van der Waals surface area contributed by atoms with Crippen LogP contribution >= 0.6 is 0 Å². The fraction of sp³-hybridized carbons (Fsp3) is 0.625. The molecule has 0 saturated carbocycles. The van der Waals surface area contributed by atoms with Gasteiger partial charge in [0.2, 0.25) is 5.88 Å². The van der Waals surface area contributed by atoms with Crippen molar-refractivity contribution in [2.24, 2.45) is 0 Å². The third-order valence-electron chi connectivity index (χ3n) is 4.60. The van der Waals surface area contributed by atoms with E-state index in [9.17, 15) is 4.79 Å². The fourth-order valence-corrected chi connectivity index (χ4v) is 3.37. The van der Waals surface area contributed by atoms with Crippen molar-refractivity contribution in [2.45, 2.75) is 31.8 Å². The van der Waals surface area contributed by atoms with Crippen LogP contribution in [-0.2, 0) is 6.54 Å². The second-order valence-electron chi connectivity index (χ2n) is 5.96. The molecule has 1 unspecified atom stereocenters. The number of pyridine rings is 1. The molecule has 6 heteroatoms. The minimum Gasteiger partial charge on any atom is -0.481 e. The van der Waals surface area contributed by atoms with E-state index in [-0.39, 0.29) is 6.03 Å². The summed E-state index contributed by atoms with van der Waals surface area (Å²) in [6.45, 7) is 4.28. The van der Waals surface area contributed by atoms with Gasteiger partial charge >= 0.3 is 6.03 Å². The van der Waals surface area contributed by atoms with Gasteiger partial charge in [0.1, 0.15) is 0 Å². The van der Waals surface area contributed by atoms with E-state index in [2.05, 4.69) is 15.2 Å². The minimum absolute atomic E-state index is 0.0103. The summed E-state index contributed by atoms with van der Waals surface area (Å²) in [5.41, 5.74) is 0.898. The van der Waals surface area contributed by atoms with Crippen molar-refractivity contribution >= 4 is 6.03 Å². The van der Waals surface area contributed by atoms with E-state index in [1.807, 2.05) is 17.0 Å². The molecule has 2 aliphatic heterocycles. The standard InChI is InChI=1S/C16H24N4O2/c1-22-15-13(5-4-7-17-15)11-18-16(21)20-10-9-19-8-3-2-6-14(19)12-20/h4-5,7,14H,2-3,6,8-12H2,1H3,(H,18,21). The molecule has 2 aliphatic rings. The molecule has 1 N–H and O–H groups in total. The monoisotopic (exact) mass is 304 g/mol. The molecule has 22 heavy (non-hydrogen) atoms. The predicted octanol–water partition coefficient (Wildman–Crippen LogP) is 1.47. The maximum Gasteiger partial charge on any atom is 0.317 e. The number of methoxy groups -OCH3 is 1. The van der Waals surface area contributed by atoms with Gasteiger partial charge < -0.3 is 15.0 Å². The normalized spacial score (nSPS) is 22.0. The number of nitrogens with one attached hydrogen (secondary N) is 1. The number of carbonyl (C=O) groups excluding carboxylic acids is 1. The zero-order valence-electron chi connectivity index (χ0n) is 13.1. The number of piperidine rings is 1. The summed E-state index contributed by atoms with van der Waals surface area (Å²) in [6, 6.07) is 4.33. The number of hydrogen-bond donors (Lipinski definition) is 1. The number of ether oxygens (including phenoxy) is 1. The van der Waals surface area contributed by atoms with Crippen molar-refractivity contribution < 1.29 is 9.53 Å². The van der Waals surface area contributed by atoms with Crippen molar-refractivity contribution in [3.8, 4) is 5.88 Å². The topological polar surface area (TPSA) is 57.7 Å². The Balaban J connectivity index is 1.54. The lowest BCUT2D eigenvalue weighted by Gasteiger charge is -2.43. The van der Waals surface area contributed by atoms with Crippen LogP contribution in [0.4, 0.5) is 4.79 Å². The van der Waals surface area contributed by atoms with Crippen LogP contribution in [-0.4, -0.2) is 60.1 Å². The van der Waals surface area contributed by atoms with Gasteiger partial charge in [-0.1, -0.05) is 12.5 Å². The summed E-state index contributed by atoms with van der Waals surface area (Å²) in [4.78, 5) is 21.0. The van der Waals surface area contributed by atoms with Crippen LogP contribution in [0, 0.1) is 0 Å². The smallest absolute Gasteiger partial charge is 0.317 e. The zero-order valence-corrected chi connectivity index (χ0v) is 13.1. The van der Waals surface area contributed by atoms with E-state index in [1.54, 1.807) is 13.3 Å². The van der Waals surface area contributed by atoms with E-state index in [1.165, 1.54) is 25.8 Å². The molecule has 3 rings (SSSR count). The molecule has 2 saturated heterocycles. The summed E-state index contributed by atoms with van der Waals surface area (Å²) in [6.07, 6.45) is 5.47. The molecular weight excluding hydrogens is 280 g/mol. The third-order valence-corrected chi connectivity index (χ3v) is 4.60. The minimum atomic E-state index is 0.0103. The molecule has 1 atom stereocenters. The number of hydrogen-bond acceptors (Lipinski definition) is 4. The second kappa shape index (κ2) is 6.96. The lowest BCUT2D eigenvalue weighted by atomic mass is 10.00. The summed E-state index contributed by atoms with van der Waals surface area (Å²) in [5, 5.41) is 2.99. The van der Waals surface area contributed by atoms with Crippen LogP contribution < -0.4 is 10.1 Å². The summed E-state index contributed by atoms with van der Waals surface area (Å²) >= 11 is 0. The van der Waals surface area contributed by atoms with E-state index < -0.39 is 0 Å². The summed E-state index contributed by atoms with van der Waals surface area (Å²) < 4.78 is 5.21. The Morgan fingerprint density at radius 2 is 2.32 bits per heavy atom. The molecular formula is C16H24N4O2. The van der Waals surface area contributed by atoms with Crippen molar-refractivity contribution in [1.82, 2.24) is 20.1 Å². The van der Waals surface area contributed by atoms with Crippen molar-refractivity contribution in [3.63, 3.8) is 0 Å². The van der Waals surface area contributed by atoms with Gasteiger partial charge in [0.05, 0.1) is 7.11 Å². The first kappa shape index (κ1) is 15.1. The number of fused-ring (bicyclic) bond motifs is 1. The molecule has 1 aromatic heterocycles. The number of urea groups is 1. The SMILES string of the molecule is COc1ncccc1CNC(=O)N1CCN2CCCCC2C1. The fourth-order valence-electron chi connectivity index (χ4n) is 3.37. The third kappa shape index (κ3) is 3.32. The number of rotatable bonds is 3. The highest BCUT2D eigenvalue weighted by Gasteiger charge is 2.30. The van der Waals surface area contributed by atoms with Gasteiger partial charge in [-0.05, 0) is 25.5 Å². The molecule has 0 spiro atoms. The van der Waals surface area contributed by atoms with Crippen LogP contribution in [0.15, 0.2) is 18.3 Å². The lowest BCUT2D eigenvalue weighted by molar-refractivity contribution is 0.0642. The Hall–Kier alpha value is -1.82. The highest BCUT2D eigenvalue weighted by atomic mass is 16.5. The van der Waals surface area contributed by atoms with Gasteiger partial charge in [0.25, 0.3) is 0 Å². The van der Waals surface area contributed by atoms with Gasteiger partial charge in [-0.25, -0.2) is 9.78 Å². The molecule has 0 aromatic carbocycles. The van der Waals surface area contributed by atoms with Crippen LogP contribution in [0.25, 0.3) is 0 Å². The predicted molar refractivity (Wildman–Crippen MR) is 83.8 cm³/mol. The quantitative estimate of drug-likeness (QED) is 0.919. The molecule has 0 bridgehead atoms. The highest BCUT2D eigenvalue weighted by molar-refractivity contribution is 5.74. The first-order valence-corrected chi connectivity index (χ1v) is 8.02. The summed E-state index contributed by atoms with van der Waals surface area (Å²) in [5.74, 6) is 0.569. The first-order chi connectivity index (χ1) is 10.8. The van der Waals surface area contributed by atoms with Gasteiger partial charge in [0.15, 0.2) is 0 Å². The van der Waals surface area contributed by atoms with Crippen LogP contribution in [0.5, 0.6) is 5.88 Å².